The molecule has 3 rings (SSSR count). The van der Waals surface area contributed by atoms with E-state index in [2.05, 4.69) is 51.2 Å². The standard InChI is InChI=1S/C30H36N2O3/c1-21(2)27-12-9-13-28(22(3)4)29(27)31-30(34)32(20-25-10-7-6-8-11-25)26-16-14-24(15-17-26)18-19-35-23(5)33/h6-17,21-22H,18-20H2,1-5H3,(H,31,34). The molecule has 1 N–H and O–H groups in total. The Morgan fingerprint density at radius 3 is 1.94 bits per heavy atom. The van der Waals surface area contributed by atoms with E-state index in [0.29, 0.717) is 19.6 Å². The summed E-state index contributed by atoms with van der Waals surface area (Å²) in [7, 11) is 0. The summed E-state index contributed by atoms with van der Waals surface area (Å²) in [6.45, 7) is 10.8. The summed E-state index contributed by atoms with van der Waals surface area (Å²) in [6.07, 6.45) is 0.629. The fraction of sp³-hybridized carbons (Fsp3) is 0.333. The molecular formula is C30H36N2O3. The van der Waals surface area contributed by atoms with Gasteiger partial charge in [-0.1, -0.05) is 88.4 Å². The first-order valence-electron chi connectivity index (χ1n) is 12.2. The number of para-hydroxylation sites is 1. The largest absolute Gasteiger partial charge is 0.466 e. The number of anilines is 2. The lowest BCUT2D eigenvalue weighted by Gasteiger charge is -2.26. The van der Waals surface area contributed by atoms with Crippen molar-refractivity contribution in [2.24, 2.45) is 0 Å². The van der Waals surface area contributed by atoms with Gasteiger partial charge in [0.05, 0.1) is 13.2 Å². The molecule has 0 aliphatic carbocycles. The number of amides is 2. The monoisotopic (exact) mass is 472 g/mol. The number of nitrogens with one attached hydrogen (secondary N) is 1. The molecule has 2 amide bonds. The van der Waals surface area contributed by atoms with Crippen LogP contribution >= 0.6 is 0 Å². The summed E-state index contributed by atoms with van der Waals surface area (Å²) in [6, 6.07) is 23.9. The molecule has 184 valence electrons. The second kappa shape index (κ2) is 12.2. The van der Waals surface area contributed by atoms with Gasteiger partial charge in [-0.15, -0.1) is 0 Å². The van der Waals surface area contributed by atoms with Gasteiger partial charge in [0.25, 0.3) is 0 Å². The van der Waals surface area contributed by atoms with Crippen LogP contribution in [0.25, 0.3) is 0 Å². The zero-order valence-corrected chi connectivity index (χ0v) is 21.4. The van der Waals surface area contributed by atoms with Crippen molar-refractivity contribution in [1.29, 1.82) is 0 Å². The number of carbonyl (C=O) groups is 2. The van der Waals surface area contributed by atoms with Gasteiger partial charge in [0.2, 0.25) is 0 Å². The molecule has 0 spiro atoms. The topological polar surface area (TPSA) is 58.6 Å². The fourth-order valence-electron chi connectivity index (χ4n) is 4.07. The predicted molar refractivity (Wildman–Crippen MR) is 143 cm³/mol. The molecule has 0 bridgehead atoms. The zero-order valence-electron chi connectivity index (χ0n) is 21.4. The summed E-state index contributed by atoms with van der Waals surface area (Å²) in [5, 5.41) is 3.25. The van der Waals surface area contributed by atoms with E-state index >= 15 is 0 Å². The van der Waals surface area contributed by atoms with Crippen LogP contribution < -0.4 is 10.2 Å². The van der Waals surface area contributed by atoms with Crippen molar-refractivity contribution in [3.05, 3.63) is 95.1 Å². The van der Waals surface area contributed by atoms with E-state index in [1.165, 1.54) is 6.92 Å². The van der Waals surface area contributed by atoms with Gasteiger partial charge in [0.15, 0.2) is 0 Å². The van der Waals surface area contributed by atoms with Crippen LogP contribution in [0.3, 0.4) is 0 Å². The summed E-state index contributed by atoms with van der Waals surface area (Å²) >= 11 is 0. The highest BCUT2D eigenvalue weighted by Gasteiger charge is 2.21. The lowest BCUT2D eigenvalue weighted by molar-refractivity contribution is -0.140. The molecule has 0 aliphatic rings. The van der Waals surface area contributed by atoms with Crippen LogP contribution in [-0.4, -0.2) is 18.6 Å². The molecule has 0 saturated carbocycles. The molecule has 0 aliphatic heterocycles. The number of urea groups is 1. The maximum Gasteiger partial charge on any atom is 0.326 e. The number of nitrogens with zero attached hydrogens (tertiary/aromatic N) is 1. The second-order valence-electron chi connectivity index (χ2n) is 9.38. The molecule has 0 fully saturated rings. The van der Waals surface area contributed by atoms with Crippen molar-refractivity contribution in [2.75, 3.05) is 16.8 Å². The average Bonchev–Trinajstić information content (AvgIpc) is 2.83. The highest BCUT2D eigenvalue weighted by molar-refractivity contribution is 6.02. The molecule has 0 saturated heterocycles. The van der Waals surface area contributed by atoms with Gasteiger partial charge in [-0.3, -0.25) is 9.69 Å². The Balaban J connectivity index is 1.91. The third kappa shape index (κ3) is 7.19. The Morgan fingerprint density at radius 1 is 0.800 bits per heavy atom. The molecule has 0 radical (unpaired) electrons. The van der Waals surface area contributed by atoms with Gasteiger partial charge in [-0.2, -0.15) is 0 Å². The summed E-state index contributed by atoms with van der Waals surface area (Å²) < 4.78 is 5.05. The molecule has 0 aromatic heterocycles. The van der Waals surface area contributed by atoms with Crippen molar-refractivity contribution >= 4 is 23.4 Å². The molecule has 5 nitrogen and oxygen atoms in total. The Kier molecular flexibility index (Phi) is 9.07. The first-order chi connectivity index (χ1) is 16.8. The van der Waals surface area contributed by atoms with E-state index in [4.69, 9.17) is 4.74 Å². The fourth-order valence-corrected chi connectivity index (χ4v) is 4.07. The van der Waals surface area contributed by atoms with Crippen LogP contribution in [0.1, 0.15) is 68.7 Å². The molecule has 0 atom stereocenters. The molecule has 35 heavy (non-hydrogen) atoms. The molecule has 3 aromatic rings. The van der Waals surface area contributed by atoms with E-state index in [9.17, 15) is 9.59 Å². The number of esters is 1. The van der Waals surface area contributed by atoms with E-state index in [-0.39, 0.29) is 23.8 Å². The molecule has 0 heterocycles. The van der Waals surface area contributed by atoms with Crippen molar-refractivity contribution in [1.82, 2.24) is 0 Å². The Hall–Kier alpha value is -3.60. The Bertz CT molecular complexity index is 1100. The smallest absolute Gasteiger partial charge is 0.326 e. The second-order valence-corrected chi connectivity index (χ2v) is 9.38. The quantitative estimate of drug-likeness (QED) is 0.333. The maximum absolute atomic E-state index is 13.8. The maximum atomic E-state index is 13.8. The summed E-state index contributed by atoms with van der Waals surface area (Å²) in [5.41, 5.74) is 6.05. The molecule has 0 unspecified atom stereocenters. The van der Waals surface area contributed by atoms with Crippen LogP contribution in [0.5, 0.6) is 0 Å². The van der Waals surface area contributed by atoms with E-state index < -0.39 is 0 Å². The van der Waals surface area contributed by atoms with Crippen molar-refractivity contribution in [3.8, 4) is 0 Å². The average molecular weight is 473 g/mol. The SMILES string of the molecule is CC(=O)OCCc1ccc(N(Cc2ccccc2)C(=O)Nc2c(C(C)C)cccc2C(C)C)cc1. The first-order valence-corrected chi connectivity index (χ1v) is 12.2. The number of rotatable bonds is 9. The van der Waals surface area contributed by atoms with Gasteiger partial charge in [-0.05, 0) is 46.2 Å². The number of hydrogen-bond donors (Lipinski definition) is 1. The third-order valence-electron chi connectivity index (χ3n) is 5.98. The number of hydrogen-bond acceptors (Lipinski definition) is 3. The van der Waals surface area contributed by atoms with Crippen LogP contribution in [0, 0.1) is 0 Å². The van der Waals surface area contributed by atoms with Gasteiger partial charge < -0.3 is 10.1 Å². The van der Waals surface area contributed by atoms with Crippen molar-refractivity contribution in [2.45, 2.75) is 59.4 Å². The third-order valence-corrected chi connectivity index (χ3v) is 5.98. The Morgan fingerprint density at radius 2 is 1.40 bits per heavy atom. The minimum absolute atomic E-state index is 0.170. The van der Waals surface area contributed by atoms with Crippen molar-refractivity contribution < 1.29 is 14.3 Å². The highest BCUT2D eigenvalue weighted by Crippen LogP contribution is 2.33. The van der Waals surface area contributed by atoms with Crippen LogP contribution in [-0.2, 0) is 22.5 Å². The van der Waals surface area contributed by atoms with Crippen molar-refractivity contribution in [3.63, 3.8) is 0 Å². The minimum atomic E-state index is -0.283. The predicted octanol–water partition coefficient (Wildman–Crippen LogP) is 7.28. The molecular weight excluding hydrogens is 436 g/mol. The van der Waals surface area contributed by atoms with E-state index in [0.717, 1.165) is 33.6 Å². The van der Waals surface area contributed by atoms with Gasteiger partial charge in [0, 0.05) is 24.7 Å². The first kappa shape index (κ1) is 26.0. The van der Waals surface area contributed by atoms with Gasteiger partial charge >= 0.3 is 12.0 Å². The van der Waals surface area contributed by atoms with Gasteiger partial charge in [0.1, 0.15) is 0 Å². The lowest BCUT2D eigenvalue weighted by atomic mass is 9.93. The van der Waals surface area contributed by atoms with Crippen LogP contribution in [0.2, 0.25) is 0 Å². The van der Waals surface area contributed by atoms with E-state index in [1.807, 2.05) is 54.6 Å². The van der Waals surface area contributed by atoms with Crippen LogP contribution in [0.15, 0.2) is 72.8 Å². The minimum Gasteiger partial charge on any atom is -0.466 e. The summed E-state index contributed by atoms with van der Waals surface area (Å²) in [5.74, 6) is 0.279. The molecule has 3 aromatic carbocycles. The van der Waals surface area contributed by atoms with Gasteiger partial charge in [-0.25, -0.2) is 4.79 Å². The number of carbonyl (C=O) groups excluding carboxylic acids is 2. The molecule has 5 heteroatoms. The van der Waals surface area contributed by atoms with E-state index in [1.54, 1.807) is 4.90 Å². The zero-order chi connectivity index (χ0) is 25.4. The Labute approximate surface area is 209 Å². The highest BCUT2D eigenvalue weighted by atomic mass is 16.5. The normalized spacial score (nSPS) is 10.9. The number of ether oxygens (including phenoxy) is 1. The summed E-state index contributed by atoms with van der Waals surface area (Å²) in [4.78, 5) is 26.6. The number of benzene rings is 3. The van der Waals surface area contributed by atoms with Crippen LogP contribution in [0.4, 0.5) is 16.2 Å². The lowest BCUT2D eigenvalue weighted by Crippen LogP contribution is -2.35.